The Morgan fingerprint density at radius 1 is 1.21 bits per heavy atom. The number of esters is 1. The van der Waals surface area contributed by atoms with Crippen molar-refractivity contribution in [1.82, 2.24) is 4.98 Å². The van der Waals surface area contributed by atoms with Crippen molar-refractivity contribution in [1.29, 1.82) is 0 Å². The summed E-state index contributed by atoms with van der Waals surface area (Å²) in [5.41, 5.74) is 7.55. The lowest BCUT2D eigenvalue weighted by Crippen LogP contribution is -2.50. The molecule has 3 aromatic rings. The molecule has 0 aliphatic heterocycles. The van der Waals surface area contributed by atoms with E-state index in [1.165, 1.54) is 11.3 Å². The van der Waals surface area contributed by atoms with Crippen molar-refractivity contribution in [2.24, 2.45) is 11.7 Å². The second-order valence-electron chi connectivity index (χ2n) is 8.08. The number of thiophene rings is 1. The molecule has 3 N–H and O–H groups in total. The van der Waals surface area contributed by atoms with Crippen molar-refractivity contribution < 1.29 is 23.8 Å². The monoisotopic (exact) mass is 469 g/mol. The van der Waals surface area contributed by atoms with E-state index in [1.807, 2.05) is 36.4 Å². The molecule has 2 aromatic heterocycles. The summed E-state index contributed by atoms with van der Waals surface area (Å²) < 4.78 is 17.1. The third-order valence-electron chi connectivity index (χ3n) is 6.08. The fraction of sp³-hybridized carbons (Fsp3) is 0.375. The number of ether oxygens (including phenoxy) is 3. The number of hydrogen-bond donors (Lipinski definition) is 2. The fourth-order valence-electron chi connectivity index (χ4n) is 3.94. The number of nitrogens with one attached hydrogen (secondary N) is 1. The van der Waals surface area contributed by atoms with Gasteiger partial charge in [-0.05, 0) is 28.6 Å². The molecule has 0 spiro atoms. The van der Waals surface area contributed by atoms with Gasteiger partial charge in [-0.25, -0.2) is 0 Å². The molecule has 0 bridgehead atoms. The van der Waals surface area contributed by atoms with Crippen molar-refractivity contribution in [3.63, 3.8) is 0 Å². The van der Waals surface area contributed by atoms with E-state index < -0.39 is 11.7 Å². The topological polar surface area (TPSA) is 113 Å². The molecule has 2 heterocycles. The minimum atomic E-state index is -0.671. The van der Waals surface area contributed by atoms with Crippen LogP contribution in [0.25, 0.3) is 10.1 Å². The van der Waals surface area contributed by atoms with E-state index in [4.69, 9.17) is 19.9 Å². The van der Waals surface area contributed by atoms with Crippen LogP contribution in [0.15, 0.2) is 48.8 Å². The lowest BCUT2D eigenvalue weighted by molar-refractivity contribution is -0.270. The van der Waals surface area contributed by atoms with Gasteiger partial charge in [-0.1, -0.05) is 24.3 Å². The zero-order valence-corrected chi connectivity index (χ0v) is 19.4. The van der Waals surface area contributed by atoms with Crippen LogP contribution in [-0.4, -0.2) is 43.4 Å². The van der Waals surface area contributed by atoms with Crippen LogP contribution in [0, 0.1) is 5.92 Å². The standard InChI is InChI=1S/C24H27N3O5S/c1-30-24(31-2)10-18(11-24)23(29)32-14-15-3-5-16(6-4-15)19(12-25)22(28)27-21-9-17-7-8-26-13-20(17)33-21/h3-9,13,18-19H,10-12,14,25H2,1-2H3,(H,27,28)/t19-/m1/s1. The SMILES string of the molecule is COC1(OC)CC(C(=O)OCc2ccc([C@@H](CN)C(=O)Nc3cc4ccncc4s3)cc2)C1. The van der Waals surface area contributed by atoms with Crippen LogP contribution < -0.4 is 11.1 Å². The van der Waals surface area contributed by atoms with Gasteiger partial charge in [0.15, 0.2) is 5.79 Å². The van der Waals surface area contributed by atoms with Crippen LogP contribution in [0.3, 0.4) is 0 Å². The molecule has 1 aliphatic carbocycles. The molecule has 1 atom stereocenters. The van der Waals surface area contributed by atoms with Crippen LogP contribution in [-0.2, 0) is 30.4 Å². The van der Waals surface area contributed by atoms with Gasteiger partial charge in [0.2, 0.25) is 5.91 Å². The Kier molecular flexibility index (Phi) is 7.04. The normalized spacial score (nSPS) is 16.2. The first kappa shape index (κ1) is 23.3. The Morgan fingerprint density at radius 2 is 1.94 bits per heavy atom. The first-order valence-electron chi connectivity index (χ1n) is 10.7. The summed E-state index contributed by atoms with van der Waals surface area (Å²) in [6.07, 6.45) is 4.47. The van der Waals surface area contributed by atoms with E-state index in [0.29, 0.717) is 12.8 Å². The number of benzene rings is 1. The van der Waals surface area contributed by atoms with Gasteiger partial charge < -0.3 is 25.3 Å². The largest absolute Gasteiger partial charge is 0.461 e. The molecule has 9 heteroatoms. The Morgan fingerprint density at radius 3 is 2.58 bits per heavy atom. The number of rotatable bonds is 9. The summed E-state index contributed by atoms with van der Waals surface area (Å²) in [5, 5.41) is 4.75. The summed E-state index contributed by atoms with van der Waals surface area (Å²) in [6.45, 7) is 0.340. The number of hydrogen-bond acceptors (Lipinski definition) is 8. The average molecular weight is 470 g/mol. The van der Waals surface area contributed by atoms with Crippen LogP contribution in [0.1, 0.15) is 29.9 Å². The number of nitrogens with two attached hydrogens (primary N) is 1. The highest BCUT2D eigenvalue weighted by Crippen LogP contribution is 2.41. The van der Waals surface area contributed by atoms with Crippen LogP contribution in [0.2, 0.25) is 0 Å². The van der Waals surface area contributed by atoms with E-state index in [0.717, 1.165) is 26.2 Å². The summed E-state index contributed by atoms with van der Waals surface area (Å²) in [6, 6.07) is 11.2. The van der Waals surface area contributed by atoms with Crippen molar-refractivity contribution in [3.8, 4) is 0 Å². The number of fused-ring (bicyclic) bond motifs is 1. The van der Waals surface area contributed by atoms with E-state index in [2.05, 4.69) is 10.3 Å². The van der Waals surface area contributed by atoms with Crippen LogP contribution in [0.5, 0.6) is 0 Å². The molecule has 4 rings (SSSR count). The molecule has 0 radical (unpaired) electrons. The smallest absolute Gasteiger partial charge is 0.309 e. The summed E-state index contributed by atoms with van der Waals surface area (Å²) in [4.78, 5) is 29.2. The quantitative estimate of drug-likeness (QED) is 0.365. The predicted molar refractivity (Wildman–Crippen MR) is 126 cm³/mol. The highest BCUT2D eigenvalue weighted by atomic mass is 32.1. The Hall–Kier alpha value is -2.85. The van der Waals surface area contributed by atoms with Gasteiger partial charge in [-0.2, -0.15) is 0 Å². The highest BCUT2D eigenvalue weighted by molar-refractivity contribution is 7.22. The lowest BCUT2D eigenvalue weighted by atomic mass is 9.79. The number of pyridine rings is 1. The van der Waals surface area contributed by atoms with Crippen molar-refractivity contribution in [2.75, 3.05) is 26.1 Å². The van der Waals surface area contributed by atoms with Gasteiger partial charge in [0.1, 0.15) is 6.61 Å². The van der Waals surface area contributed by atoms with E-state index in [1.54, 1.807) is 26.6 Å². The first-order chi connectivity index (χ1) is 16.0. The number of aromatic nitrogens is 1. The molecule has 1 saturated carbocycles. The number of anilines is 1. The Labute approximate surface area is 196 Å². The number of nitrogens with zero attached hydrogens (tertiary/aromatic N) is 1. The van der Waals surface area contributed by atoms with Crippen LogP contribution >= 0.6 is 11.3 Å². The van der Waals surface area contributed by atoms with E-state index in [-0.39, 0.29) is 30.9 Å². The lowest BCUT2D eigenvalue weighted by Gasteiger charge is -2.43. The molecule has 1 amide bonds. The summed E-state index contributed by atoms with van der Waals surface area (Å²) in [5.74, 6) is -1.81. The molecular formula is C24H27N3O5S. The van der Waals surface area contributed by atoms with Gasteiger partial charge in [-0.3, -0.25) is 14.6 Å². The first-order valence-corrected chi connectivity index (χ1v) is 11.5. The second-order valence-corrected chi connectivity index (χ2v) is 9.16. The molecule has 1 aromatic carbocycles. The minimum absolute atomic E-state index is 0.165. The molecule has 8 nitrogen and oxygen atoms in total. The Balaban J connectivity index is 1.32. The van der Waals surface area contributed by atoms with Gasteiger partial charge in [0, 0.05) is 46.0 Å². The molecule has 1 fully saturated rings. The number of carbonyl (C=O) groups excluding carboxylic acids is 2. The predicted octanol–water partition coefficient (Wildman–Crippen LogP) is 3.42. The third-order valence-corrected chi connectivity index (χ3v) is 7.08. The van der Waals surface area contributed by atoms with Gasteiger partial charge in [-0.15, -0.1) is 11.3 Å². The maximum Gasteiger partial charge on any atom is 0.309 e. The van der Waals surface area contributed by atoms with Gasteiger partial charge in [0.25, 0.3) is 0 Å². The zero-order valence-electron chi connectivity index (χ0n) is 18.6. The molecule has 33 heavy (non-hydrogen) atoms. The molecule has 0 unspecified atom stereocenters. The maximum absolute atomic E-state index is 12.8. The maximum atomic E-state index is 12.8. The average Bonchev–Trinajstić information content (AvgIpc) is 3.21. The fourth-order valence-corrected chi connectivity index (χ4v) is 4.87. The Bertz CT molecular complexity index is 1090. The van der Waals surface area contributed by atoms with Gasteiger partial charge in [0.05, 0.1) is 21.5 Å². The van der Waals surface area contributed by atoms with E-state index >= 15 is 0 Å². The van der Waals surface area contributed by atoms with Crippen molar-refractivity contribution in [3.05, 3.63) is 59.9 Å². The zero-order chi connectivity index (χ0) is 23.4. The number of carbonyl (C=O) groups is 2. The summed E-state index contributed by atoms with van der Waals surface area (Å²) in [7, 11) is 3.14. The number of methoxy groups -OCH3 is 2. The third kappa shape index (κ3) is 5.06. The van der Waals surface area contributed by atoms with Crippen molar-refractivity contribution in [2.45, 2.75) is 31.2 Å². The molecule has 174 valence electrons. The van der Waals surface area contributed by atoms with Gasteiger partial charge >= 0.3 is 5.97 Å². The molecule has 1 aliphatic rings. The molecule has 0 saturated heterocycles. The summed E-state index contributed by atoms with van der Waals surface area (Å²) >= 11 is 1.47. The minimum Gasteiger partial charge on any atom is -0.461 e. The second kappa shape index (κ2) is 9.96. The molecular weight excluding hydrogens is 442 g/mol. The van der Waals surface area contributed by atoms with E-state index in [9.17, 15) is 9.59 Å². The number of amides is 1. The van der Waals surface area contributed by atoms with Crippen LogP contribution in [0.4, 0.5) is 5.00 Å². The highest BCUT2D eigenvalue weighted by Gasteiger charge is 2.49. The van der Waals surface area contributed by atoms with Crippen molar-refractivity contribution >= 4 is 38.3 Å².